The summed E-state index contributed by atoms with van der Waals surface area (Å²) in [6.45, 7) is 6.42. The smallest absolute Gasteiger partial charge is 0.329 e. The van der Waals surface area contributed by atoms with E-state index in [-0.39, 0.29) is 12.2 Å². The summed E-state index contributed by atoms with van der Waals surface area (Å²) in [5.41, 5.74) is 1.04. The minimum absolute atomic E-state index is 0.206. The van der Waals surface area contributed by atoms with E-state index < -0.39 is 5.97 Å². The molecule has 0 bridgehead atoms. The molecular formula is C12H17NO3S. The summed E-state index contributed by atoms with van der Waals surface area (Å²) < 4.78 is 5.37. The number of carboxylic acid groups (broad SMARTS) is 1. The molecule has 0 saturated carbocycles. The molecule has 1 aliphatic heterocycles. The standard InChI is InChI=1S/C12H17NO3S/c1-9-3-4-17-10(9)5-13-7-12(2,8-13)16-6-11(14)15/h3-4H,5-8H2,1-2H3,(H,14,15). The van der Waals surface area contributed by atoms with Crippen LogP contribution in [0, 0.1) is 6.92 Å². The van der Waals surface area contributed by atoms with Crippen molar-refractivity contribution in [2.45, 2.75) is 26.0 Å². The zero-order chi connectivity index (χ0) is 12.5. The maximum atomic E-state index is 10.4. The van der Waals surface area contributed by atoms with Crippen LogP contribution in [0.4, 0.5) is 0 Å². The average molecular weight is 255 g/mol. The molecular weight excluding hydrogens is 238 g/mol. The van der Waals surface area contributed by atoms with Crippen LogP contribution < -0.4 is 0 Å². The summed E-state index contributed by atoms with van der Waals surface area (Å²) in [5.74, 6) is -0.904. The number of carboxylic acids is 1. The Hall–Kier alpha value is -0.910. The Labute approximate surface area is 105 Å². The summed E-state index contributed by atoms with van der Waals surface area (Å²) >= 11 is 1.77. The number of thiophene rings is 1. The van der Waals surface area contributed by atoms with Gasteiger partial charge < -0.3 is 9.84 Å². The van der Waals surface area contributed by atoms with Gasteiger partial charge in [-0.3, -0.25) is 4.90 Å². The normalized spacial score (nSPS) is 18.9. The number of ether oxygens (including phenoxy) is 1. The lowest BCUT2D eigenvalue weighted by Crippen LogP contribution is -2.61. The van der Waals surface area contributed by atoms with Crippen molar-refractivity contribution in [2.24, 2.45) is 0 Å². The van der Waals surface area contributed by atoms with Gasteiger partial charge in [-0.1, -0.05) is 0 Å². The Morgan fingerprint density at radius 3 is 2.88 bits per heavy atom. The van der Waals surface area contributed by atoms with Gasteiger partial charge in [0.2, 0.25) is 0 Å². The lowest BCUT2D eigenvalue weighted by Gasteiger charge is -2.47. The van der Waals surface area contributed by atoms with E-state index in [1.54, 1.807) is 11.3 Å². The number of hydrogen-bond donors (Lipinski definition) is 1. The molecule has 0 atom stereocenters. The van der Waals surface area contributed by atoms with Gasteiger partial charge in [0.1, 0.15) is 6.61 Å². The molecule has 0 aliphatic carbocycles. The topological polar surface area (TPSA) is 49.8 Å². The van der Waals surface area contributed by atoms with Gasteiger partial charge in [-0.2, -0.15) is 0 Å². The van der Waals surface area contributed by atoms with Gasteiger partial charge in [-0.25, -0.2) is 4.79 Å². The van der Waals surface area contributed by atoms with E-state index >= 15 is 0 Å². The molecule has 2 rings (SSSR count). The van der Waals surface area contributed by atoms with Crippen molar-refractivity contribution in [1.29, 1.82) is 0 Å². The molecule has 4 nitrogen and oxygen atoms in total. The van der Waals surface area contributed by atoms with Crippen molar-refractivity contribution in [2.75, 3.05) is 19.7 Å². The highest BCUT2D eigenvalue weighted by Crippen LogP contribution is 2.28. The zero-order valence-corrected chi connectivity index (χ0v) is 10.9. The number of nitrogens with zero attached hydrogens (tertiary/aromatic N) is 1. The first kappa shape index (κ1) is 12.5. The molecule has 1 aromatic rings. The molecule has 1 fully saturated rings. The number of aryl methyl sites for hydroxylation is 1. The number of hydrogen-bond acceptors (Lipinski definition) is 4. The molecule has 0 radical (unpaired) electrons. The quantitative estimate of drug-likeness (QED) is 0.870. The van der Waals surface area contributed by atoms with E-state index in [0.717, 1.165) is 19.6 Å². The third-order valence-electron chi connectivity index (χ3n) is 3.00. The van der Waals surface area contributed by atoms with Crippen molar-refractivity contribution < 1.29 is 14.6 Å². The maximum absolute atomic E-state index is 10.4. The van der Waals surface area contributed by atoms with Crippen molar-refractivity contribution >= 4 is 17.3 Å². The van der Waals surface area contributed by atoms with E-state index in [1.165, 1.54) is 10.4 Å². The van der Waals surface area contributed by atoms with Gasteiger partial charge in [0.05, 0.1) is 5.60 Å². The molecule has 1 saturated heterocycles. The number of carbonyl (C=O) groups is 1. The SMILES string of the molecule is Cc1ccsc1CN1CC(C)(OCC(=O)O)C1. The van der Waals surface area contributed by atoms with Crippen molar-refractivity contribution in [3.05, 3.63) is 21.9 Å². The summed E-state index contributed by atoms with van der Waals surface area (Å²) in [6.07, 6.45) is 0. The fourth-order valence-corrected chi connectivity index (χ4v) is 3.06. The van der Waals surface area contributed by atoms with Crippen molar-refractivity contribution in [3.8, 4) is 0 Å². The second-order valence-electron chi connectivity index (χ2n) is 4.80. The molecule has 0 unspecified atom stereocenters. The second-order valence-corrected chi connectivity index (χ2v) is 5.80. The van der Waals surface area contributed by atoms with Crippen LogP contribution in [0.5, 0.6) is 0 Å². The van der Waals surface area contributed by atoms with Crippen LogP contribution in [-0.4, -0.2) is 41.3 Å². The summed E-state index contributed by atoms with van der Waals surface area (Å²) in [6, 6.07) is 2.12. The van der Waals surface area contributed by atoms with Crippen LogP contribution in [0.25, 0.3) is 0 Å². The molecule has 0 amide bonds. The third kappa shape index (κ3) is 3.06. The van der Waals surface area contributed by atoms with E-state index in [0.29, 0.717) is 0 Å². The van der Waals surface area contributed by atoms with Crippen LogP contribution in [0.1, 0.15) is 17.4 Å². The Bertz CT molecular complexity index is 410. The highest BCUT2D eigenvalue weighted by Gasteiger charge is 2.40. The third-order valence-corrected chi connectivity index (χ3v) is 4.00. The number of likely N-dealkylation sites (tertiary alicyclic amines) is 1. The predicted octanol–water partition coefficient (Wildman–Crippen LogP) is 1.73. The Morgan fingerprint density at radius 1 is 1.65 bits per heavy atom. The van der Waals surface area contributed by atoms with E-state index in [1.807, 2.05) is 6.92 Å². The fraction of sp³-hybridized carbons (Fsp3) is 0.583. The maximum Gasteiger partial charge on any atom is 0.329 e. The van der Waals surface area contributed by atoms with Gasteiger partial charge in [0.15, 0.2) is 0 Å². The Kier molecular flexibility index (Phi) is 3.51. The van der Waals surface area contributed by atoms with Crippen LogP contribution in [0.2, 0.25) is 0 Å². The largest absolute Gasteiger partial charge is 0.480 e. The molecule has 0 spiro atoms. The van der Waals surface area contributed by atoms with Crippen LogP contribution >= 0.6 is 11.3 Å². The monoisotopic (exact) mass is 255 g/mol. The van der Waals surface area contributed by atoms with Gasteiger partial charge in [-0.15, -0.1) is 11.3 Å². The highest BCUT2D eigenvalue weighted by atomic mass is 32.1. The first-order valence-corrected chi connectivity index (χ1v) is 6.47. The van der Waals surface area contributed by atoms with E-state index in [4.69, 9.17) is 9.84 Å². The molecule has 1 aromatic heterocycles. The summed E-state index contributed by atoms with van der Waals surface area (Å²) in [7, 11) is 0. The average Bonchev–Trinajstić information content (AvgIpc) is 2.59. The molecule has 1 aliphatic rings. The second kappa shape index (κ2) is 4.76. The molecule has 2 heterocycles. The Morgan fingerprint density at radius 2 is 2.35 bits per heavy atom. The molecule has 5 heteroatoms. The summed E-state index contributed by atoms with van der Waals surface area (Å²) in [5, 5.41) is 10.7. The van der Waals surface area contributed by atoms with Crippen LogP contribution in [0.3, 0.4) is 0 Å². The minimum Gasteiger partial charge on any atom is -0.480 e. The molecule has 0 aromatic carbocycles. The van der Waals surface area contributed by atoms with Crippen molar-refractivity contribution in [3.63, 3.8) is 0 Å². The van der Waals surface area contributed by atoms with Gasteiger partial charge in [-0.05, 0) is 30.9 Å². The number of aliphatic carboxylic acids is 1. The van der Waals surface area contributed by atoms with Crippen molar-refractivity contribution in [1.82, 2.24) is 4.90 Å². The van der Waals surface area contributed by atoms with Gasteiger partial charge in [0, 0.05) is 24.5 Å². The summed E-state index contributed by atoms with van der Waals surface area (Å²) in [4.78, 5) is 14.1. The van der Waals surface area contributed by atoms with E-state index in [9.17, 15) is 4.79 Å². The first-order valence-electron chi connectivity index (χ1n) is 5.60. The first-order chi connectivity index (χ1) is 7.98. The van der Waals surface area contributed by atoms with Crippen LogP contribution in [0.15, 0.2) is 11.4 Å². The van der Waals surface area contributed by atoms with Crippen LogP contribution in [-0.2, 0) is 16.1 Å². The number of rotatable bonds is 5. The lowest BCUT2D eigenvalue weighted by molar-refractivity contribution is -0.165. The molecule has 17 heavy (non-hydrogen) atoms. The minimum atomic E-state index is -0.904. The predicted molar refractivity (Wildman–Crippen MR) is 66.3 cm³/mol. The van der Waals surface area contributed by atoms with E-state index in [2.05, 4.69) is 23.3 Å². The zero-order valence-electron chi connectivity index (χ0n) is 10.1. The Balaban J connectivity index is 1.78. The molecule has 1 N–H and O–H groups in total. The highest BCUT2D eigenvalue weighted by molar-refractivity contribution is 7.10. The fourth-order valence-electron chi connectivity index (χ4n) is 2.11. The van der Waals surface area contributed by atoms with Gasteiger partial charge >= 0.3 is 5.97 Å². The van der Waals surface area contributed by atoms with Gasteiger partial charge in [0.25, 0.3) is 0 Å². The molecule has 94 valence electrons. The lowest BCUT2D eigenvalue weighted by atomic mass is 9.96.